The molecule has 0 unspecified atom stereocenters. The van der Waals surface area contributed by atoms with E-state index in [9.17, 15) is 18.4 Å². The topological polar surface area (TPSA) is 58.6 Å². The van der Waals surface area contributed by atoms with Crippen molar-refractivity contribution in [3.63, 3.8) is 0 Å². The van der Waals surface area contributed by atoms with Gasteiger partial charge < -0.3 is 15.0 Å². The van der Waals surface area contributed by atoms with E-state index in [2.05, 4.69) is 10.1 Å². The monoisotopic (exact) mass is 380 g/mol. The maximum absolute atomic E-state index is 12.5. The van der Waals surface area contributed by atoms with E-state index in [1.807, 2.05) is 0 Å². The van der Waals surface area contributed by atoms with Crippen LogP contribution in [0.4, 0.5) is 20.2 Å². The van der Waals surface area contributed by atoms with Crippen LogP contribution >= 0.6 is 11.6 Å². The van der Waals surface area contributed by atoms with E-state index < -0.39 is 18.4 Å². The van der Waals surface area contributed by atoms with Gasteiger partial charge in [-0.2, -0.15) is 8.78 Å². The Morgan fingerprint density at radius 3 is 2.73 bits per heavy atom. The van der Waals surface area contributed by atoms with Gasteiger partial charge in [-0.1, -0.05) is 29.8 Å². The molecule has 0 aliphatic carbocycles. The van der Waals surface area contributed by atoms with Crippen molar-refractivity contribution < 1.29 is 23.1 Å². The van der Waals surface area contributed by atoms with E-state index in [1.165, 1.54) is 23.1 Å². The summed E-state index contributed by atoms with van der Waals surface area (Å²) in [4.78, 5) is 26.2. The highest BCUT2D eigenvalue weighted by molar-refractivity contribution is 6.31. The molecule has 2 aromatic rings. The zero-order valence-corrected chi connectivity index (χ0v) is 14.2. The van der Waals surface area contributed by atoms with Crippen LogP contribution in [0, 0.1) is 5.92 Å². The Kier molecular flexibility index (Phi) is 5.37. The fourth-order valence-electron chi connectivity index (χ4n) is 2.78. The van der Waals surface area contributed by atoms with Gasteiger partial charge in [-0.3, -0.25) is 9.59 Å². The van der Waals surface area contributed by atoms with Gasteiger partial charge in [0.1, 0.15) is 5.75 Å². The second-order valence-corrected chi connectivity index (χ2v) is 6.19. The van der Waals surface area contributed by atoms with Gasteiger partial charge in [0, 0.05) is 23.7 Å². The first-order chi connectivity index (χ1) is 12.4. The van der Waals surface area contributed by atoms with Crippen LogP contribution in [0.3, 0.4) is 0 Å². The molecule has 3 rings (SSSR count). The fourth-order valence-corrected chi connectivity index (χ4v) is 2.96. The third kappa shape index (κ3) is 4.11. The van der Waals surface area contributed by atoms with Crippen LogP contribution in [-0.2, 0) is 9.59 Å². The molecule has 0 aromatic heterocycles. The van der Waals surface area contributed by atoms with Gasteiger partial charge in [0.15, 0.2) is 0 Å². The van der Waals surface area contributed by atoms with E-state index in [0.717, 1.165) is 0 Å². The molecule has 1 aliphatic heterocycles. The Hall–Kier alpha value is -2.67. The Balaban J connectivity index is 1.71. The van der Waals surface area contributed by atoms with Crippen LogP contribution in [0.15, 0.2) is 48.5 Å². The van der Waals surface area contributed by atoms with Crippen molar-refractivity contribution in [3.05, 3.63) is 53.6 Å². The molecule has 1 saturated heterocycles. The summed E-state index contributed by atoms with van der Waals surface area (Å²) in [5, 5.41) is 3.05. The molecule has 1 fully saturated rings. The number of carbonyl (C=O) groups excluding carboxylic acids is 2. The molecular formula is C18H15ClF2N2O3. The van der Waals surface area contributed by atoms with Crippen LogP contribution in [0.1, 0.15) is 6.42 Å². The first-order valence-electron chi connectivity index (χ1n) is 7.84. The summed E-state index contributed by atoms with van der Waals surface area (Å²) >= 11 is 5.94. The second-order valence-electron chi connectivity index (χ2n) is 5.75. The van der Waals surface area contributed by atoms with E-state index in [4.69, 9.17) is 11.6 Å². The van der Waals surface area contributed by atoms with Gasteiger partial charge in [-0.15, -0.1) is 0 Å². The Morgan fingerprint density at radius 2 is 2.00 bits per heavy atom. The average molecular weight is 381 g/mol. The number of alkyl halides is 2. The molecule has 1 aliphatic rings. The van der Waals surface area contributed by atoms with E-state index in [-0.39, 0.29) is 30.3 Å². The summed E-state index contributed by atoms with van der Waals surface area (Å²) in [5.74, 6) is -1.38. The highest BCUT2D eigenvalue weighted by atomic mass is 35.5. The minimum absolute atomic E-state index is 0.0240. The number of rotatable bonds is 5. The van der Waals surface area contributed by atoms with Crippen molar-refractivity contribution in [1.29, 1.82) is 0 Å². The number of benzene rings is 2. The fraction of sp³-hybridized carbons (Fsp3) is 0.222. The molecule has 1 atom stereocenters. The summed E-state index contributed by atoms with van der Waals surface area (Å²) in [7, 11) is 0. The van der Waals surface area contributed by atoms with Gasteiger partial charge in [0.05, 0.1) is 11.6 Å². The number of amides is 2. The molecule has 1 heterocycles. The Labute approximate surface area is 153 Å². The molecule has 0 spiro atoms. The van der Waals surface area contributed by atoms with Crippen molar-refractivity contribution in [1.82, 2.24) is 0 Å². The number of para-hydroxylation sites is 2. The predicted octanol–water partition coefficient (Wildman–Crippen LogP) is 3.93. The molecule has 0 saturated carbocycles. The normalized spacial score (nSPS) is 16.8. The van der Waals surface area contributed by atoms with Crippen molar-refractivity contribution >= 4 is 34.8 Å². The lowest BCUT2D eigenvalue weighted by Gasteiger charge is -2.17. The van der Waals surface area contributed by atoms with Crippen LogP contribution in [0.2, 0.25) is 5.02 Å². The number of carbonyl (C=O) groups is 2. The molecular weight excluding hydrogens is 366 g/mol. The summed E-state index contributed by atoms with van der Waals surface area (Å²) in [6, 6.07) is 12.7. The maximum atomic E-state index is 12.5. The molecule has 26 heavy (non-hydrogen) atoms. The van der Waals surface area contributed by atoms with Crippen LogP contribution in [0.5, 0.6) is 5.75 Å². The van der Waals surface area contributed by atoms with E-state index >= 15 is 0 Å². The third-order valence-electron chi connectivity index (χ3n) is 3.98. The molecule has 5 nitrogen and oxygen atoms in total. The third-order valence-corrected chi connectivity index (χ3v) is 4.21. The van der Waals surface area contributed by atoms with Crippen LogP contribution in [-0.4, -0.2) is 25.0 Å². The SMILES string of the molecule is O=C(Nc1ccccc1OC(F)F)[C@H]1CC(=O)N(c2cccc(Cl)c2)C1. The number of ether oxygens (including phenoxy) is 1. The van der Waals surface area contributed by atoms with Crippen molar-refractivity contribution in [3.8, 4) is 5.75 Å². The number of anilines is 2. The Bertz CT molecular complexity index is 832. The van der Waals surface area contributed by atoms with Crippen LogP contribution in [0.25, 0.3) is 0 Å². The minimum atomic E-state index is -3.00. The van der Waals surface area contributed by atoms with Gasteiger partial charge in [-0.25, -0.2) is 0 Å². The maximum Gasteiger partial charge on any atom is 0.387 e. The van der Waals surface area contributed by atoms with Gasteiger partial charge in [-0.05, 0) is 30.3 Å². The van der Waals surface area contributed by atoms with E-state index in [0.29, 0.717) is 10.7 Å². The lowest BCUT2D eigenvalue weighted by Crippen LogP contribution is -2.28. The largest absolute Gasteiger partial charge is 0.433 e. The molecule has 136 valence electrons. The quantitative estimate of drug-likeness (QED) is 0.855. The molecule has 1 N–H and O–H groups in total. The number of nitrogens with zero attached hydrogens (tertiary/aromatic N) is 1. The number of halogens is 3. The first kappa shape index (κ1) is 18.1. The number of nitrogens with one attached hydrogen (secondary N) is 1. The molecule has 2 amide bonds. The minimum Gasteiger partial charge on any atom is -0.433 e. The van der Waals surface area contributed by atoms with Gasteiger partial charge in [0.25, 0.3) is 0 Å². The Morgan fingerprint density at radius 1 is 1.23 bits per heavy atom. The standard InChI is InChI=1S/C18H15ClF2N2O3/c19-12-4-3-5-13(9-12)23-10-11(8-16(23)24)17(25)22-14-6-1-2-7-15(14)26-18(20)21/h1-7,9,11,18H,8,10H2,(H,22,25)/t11-/m0/s1. The number of hydrogen-bond acceptors (Lipinski definition) is 3. The molecule has 0 bridgehead atoms. The van der Waals surface area contributed by atoms with E-state index in [1.54, 1.807) is 30.3 Å². The van der Waals surface area contributed by atoms with Crippen molar-refractivity contribution in [2.75, 3.05) is 16.8 Å². The average Bonchev–Trinajstić information content (AvgIpc) is 2.98. The predicted molar refractivity (Wildman–Crippen MR) is 93.6 cm³/mol. The zero-order chi connectivity index (χ0) is 18.7. The lowest BCUT2D eigenvalue weighted by molar-refractivity contribution is -0.122. The van der Waals surface area contributed by atoms with Gasteiger partial charge in [0.2, 0.25) is 11.8 Å². The van der Waals surface area contributed by atoms with Crippen LogP contribution < -0.4 is 15.0 Å². The summed E-state index contributed by atoms with van der Waals surface area (Å²) in [5.41, 5.74) is 0.741. The smallest absolute Gasteiger partial charge is 0.387 e. The molecule has 2 aromatic carbocycles. The summed E-state index contributed by atoms with van der Waals surface area (Å²) < 4.78 is 29.3. The van der Waals surface area contributed by atoms with Gasteiger partial charge >= 0.3 is 6.61 Å². The zero-order valence-electron chi connectivity index (χ0n) is 13.5. The highest BCUT2D eigenvalue weighted by Crippen LogP contribution is 2.30. The second kappa shape index (κ2) is 7.70. The highest BCUT2D eigenvalue weighted by Gasteiger charge is 2.35. The van der Waals surface area contributed by atoms with Crippen molar-refractivity contribution in [2.45, 2.75) is 13.0 Å². The lowest BCUT2D eigenvalue weighted by atomic mass is 10.1. The summed E-state index contributed by atoms with van der Waals surface area (Å²) in [6.07, 6.45) is 0.0240. The molecule has 0 radical (unpaired) electrons. The molecule has 8 heteroatoms. The summed E-state index contributed by atoms with van der Waals surface area (Å²) in [6.45, 7) is -2.82. The van der Waals surface area contributed by atoms with Crippen molar-refractivity contribution in [2.24, 2.45) is 5.92 Å². The first-order valence-corrected chi connectivity index (χ1v) is 8.22. The number of hydrogen-bond donors (Lipinski definition) is 1.